The molecule has 0 bridgehead atoms. The predicted octanol–water partition coefficient (Wildman–Crippen LogP) is 2.68. The molecule has 130 valence electrons. The van der Waals surface area contributed by atoms with Crippen molar-refractivity contribution in [1.29, 1.82) is 0 Å². The summed E-state index contributed by atoms with van der Waals surface area (Å²) in [5.74, 6) is 1.34. The molecule has 2 aromatic carbocycles. The van der Waals surface area contributed by atoms with Crippen LogP contribution in [0.3, 0.4) is 0 Å². The maximum Gasteiger partial charge on any atom is 0.241 e. The van der Waals surface area contributed by atoms with E-state index in [1.165, 1.54) is 0 Å². The number of halogens is 1. The Labute approximate surface area is 154 Å². The smallest absolute Gasteiger partial charge is 0.241 e. The van der Waals surface area contributed by atoms with Crippen LogP contribution in [0.1, 0.15) is 17.2 Å². The average molecular weight is 421 g/mol. The van der Waals surface area contributed by atoms with Gasteiger partial charge in [0, 0.05) is 23.9 Å². The number of hydrogen-bond acceptors (Lipinski definition) is 4. The van der Waals surface area contributed by atoms with Crippen LogP contribution in [0.15, 0.2) is 64.0 Å². The van der Waals surface area contributed by atoms with E-state index in [0.717, 1.165) is 11.4 Å². The number of nitrogens with one attached hydrogen (secondary N) is 2. The van der Waals surface area contributed by atoms with Crippen molar-refractivity contribution in [2.24, 2.45) is 0 Å². The van der Waals surface area contributed by atoms with E-state index in [0.29, 0.717) is 23.1 Å². The first-order chi connectivity index (χ1) is 12.0. The van der Waals surface area contributed by atoms with Gasteiger partial charge in [0.15, 0.2) is 5.82 Å². The fourth-order valence-electron chi connectivity index (χ4n) is 2.35. The molecule has 8 heteroatoms. The van der Waals surface area contributed by atoms with E-state index in [2.05, 4.69) is 35.8 Å². The number of sulfonamides is 1. The lowest BCUT2D eigenvalue weighted by atomic mass is 10.1. The van der Waals surface area contributed by atoms with Crippen molar-refractivity contribution in [1.82, 2.24) is 19.9 Å². The maximum absolute atomic E-state index is 12.3. The predicted molar refractivity (Wildman–Crippen MR) is 98.7 cm³/mol. The third-order valence-corrected chi connectivity index (χ3v) is 6.03. The Morgan fingerprint density at radius 1 is 1.04 bits per heavy atom. The average Bonchev–Trinajstić information content (AvgIpc) is 3.03. The quantitative estimate of drug-likeness (QED) is 0.614. The van der Waals surface area contributed by atoms with Gasteiger partial charge in [-0.05, 0) is 33.6 Å². The molecule has 0 saturated carbocycles. The third kappa shape index (κ3) is 4.75. The molecule has 3 aromatic rings. The van der Waals surface area contributed by atoms with Gasteiger partial charge in [0.05, 0.1) is 4.90 Å². The highest BCUT2D eigenvalue weighted by molar-refractivity contribution is 9.10. The summed E-state index contributed by atoms with van der Waals surface area (Å²) in [6, 6.07) is 16.7. The van der Waals surface area contributed by atoms with E-state index in [-0.39, 0.29) is 11.4 Å². The van der Waals surface area contributed by atoms with Gasteiger partial charge in [0.2, 0.25) is 10.0 Å². The molecule has 1 aromatic heterocycles. The molecule has 0 aliphatic heterocycles. The standard InChI is InChI=1S/C17H17BrN4O2S/c18-14-8-4-5-9-15(14)25(23,24)19-11-10-16-20-17(22-21-16)12-13-6-2-1-3-7-13/h1-9,19H,10-12H2,(H,20,21,22). The molecule has 0 aliphatic carbocycles. The van der Waals surface area contributed by atoms with E-state index < -0.39 is 10.0 Å². The second-order valence-electron chi connectivity index (χ2n) is 5.44. The number of benzene rings is 2. The van der Waals surface area contributed by atoms with E-state index in [4.69, 9.17) is 0 Å². The zero-order chi connectivity index (χ0) is 17.7. The summed E-state index contributed by atoms with van der Waals surface area (Å²) >= 11 is 3.25. The molecule has 2 N–H and O–H groups in total. The number of rotatable bonds is 7. The molecule has 0 unspecified atom stereocenters. The Morgan fingerprint density at radius 3 is 2.52 bits per heavy atom. The van der Waals surface area contributed by atoms with Crippen molar-refractivity contribution in [2.45, 2.75) is 17.7 Å². The van der Waals surface area contributed by atoms with Gasteiger partial charge in [-0.2, -0.15) is 5.10 Å². The summed E-state index contributed by atoms with van der Waals surface area (Å²) in [6.45, 7) is 0.228. The fraction of sp³-hybridized carbons (Fsp3) is 0.176. The monoisotopic (exact) mass is 420 g/mol. The Bertz CT molecular complexity index is 942. The normalized spacial score (nSPS) is 11.6. The molecule has 1 heterocycles. The van der Waals surface area contributed by atoms with Gasteiger partial charge in [0.25, 0.3) is 0 Å². The second kappa shape index (κ2) is 7.90. The van der Waals surface area contributed by atoms with Crippen molar-refractivity contribution in [3.05, 3.63) is 76.3 Å². The number of aromatic amines is 1. The van der Waals surface area contributed by atoms with Gasteiger partial charge >= 0.3 is 0 Å². The number of nitrogens with zero attached hydrogens (tertiary/aromatic N) is 2. The Kier molecular flexibility index (Phi) is 5.62. The first kappa shape index (κ1) is 17.8. The van der Waals surface area contributed by atoms with Crippen LogP contribution in [0, 0.1) is 0 Å². The van der Waals surface area contributed by atoms with Gasteiger partial charge in [-0.25, -0.2) is 18.1 Å². The van der Waals surface area contributed by atoms with Crippen LogP contribution in [0.5, 0.6) is 0 Å². The number of H-pyrrole nitrogens is 1. The van der Waals surface area contributed by atoms with E-state index >= 15 is 0 Å². The zero-order valence-corrected chi connectivity index (χ0v) is 15.7. The van der Waals surface area contributed by atoms with Crippen molar-refractivity contribution >= 4 is 26.0 Å². The number of aromatic nitrogens is 3. The minimum absolute atomic E-state index is 0.217. The topological polar surface area (TPSA) is 87.7 Å². The molecule has 0 fully saturated rings. The molecule has 3 rings (SSSR count). The zero-order valence-electron chi connectivity index (χ0n) is 13.3. The van der Waals surface area contributed by atoms with Crippen LogP contribution in [0.25, 0.3) is 0 Å². The van der Waals surface area contributed by atoms with Crippen molar-refractivity contribution < 1.29 is 8.42 Å². The Hall–Kier alpha value is -2.03. The molecule has 0 amide bonds. The minimum atomic E-state index is -3.57. The van der Waals surface area contributed by atoms with Gasteiger partial charge in [-0.1, -0.05) is 42.5 Å². The summed E-state index contributed by atoms with van der Waals surface area (Å²) in [5.41, 5.74) is 1.14. The van der Waals surface area contributed by atoms with Crippen LogP contribution in [0.2, 0.25) is 0 Å². The molecule has 0 radical (unpaired) electrons. The molecule has 25 heavy (non-hydrogen) atoms. The molecule has 6 nitrogen and oxygen atoms in total. The SMILES string of the molecule is O=S(=O)(NCCc1n[nH]c(Cc2ccccc2)n1)c1ccccc1Br. The summed E-state index contributed by atoms with van der Waals surface area (Å²) < 4.78 is 27.7. The molecular formula is C17H17BrN4O2S. The highest BCUT2D eigenvalue weighted by Crippen LogP contribution is 2.20. The molecule has 0 aliphatic rings. The summed E-state index contributed by atoms with van der Waals surface area (Å²) in [6.07, 6.45) is 1.07. The Balaban J connectivity index is 1.57. The first-order valence-electron chi connectivity index (χ1n) is 7.73. The summed E-state index contributed by atoms with van der Waals surface area (Å²) in [4.78, 5) is 4.62. The van der Waals surface area contributed by atoms with Crippen molar-refractivity contribution in [3.63, 3.8) is 0 Å². The lowest BCUT2D eigenvalue weighted by Gasteiger charge is -2.07. The lowest BCUT2D eigenvalue weighted by Crippen LogP contribution is -2.26. The van der Waals surface area contributed by atoms with E-state index in [1.54, 1.807) is 24.3 Å². The molecule has 0 spiro atoms. The molecular weight excluding hydrogens is 404 g/mol. The largest absolute Gasteiger partial charge is 0.263 e. The van der Waals surface area contributed by atoms with Gasteiger partial charge in [0.1, 0.15) is 5.82 Å². The van der Waals surface area contributed by atoms with Crippen molar-refractivity contribution in [2.75, 3.05) is 6.54 Å². The highest BCUT2D eigenvalue weighted by atomic mass is 79.9. The summed E-state index contributed by atoms with van der Waals surface area (Å²) in [5, 5.41) is 7.04. The minimum Gasteiger partial charge on any atom is -0.263 e. The van der Waals surface area contributed by atoms with Crippen LogP contribution < -0.4 is 4.72 Å². The molecule has 0 saturated heterocycles. The molecule has 0 atom stereocenters. The van der Waals surface area contributed by atoms with Gasteiger partial charge in [-0.3, -0.25) is 5.10 Å². The second-order valence-corrected chi connectivity index (χ2v) is 8.03. The van der Waals surface area contributed by atoms with Crippen molar-refractivity contribution in [3.8, 4) is 0 Å². The van der Waals surface area contributed by atoms with Crippen LogP contribution in [0.4, 0.5) is 0 Å². The van der Waals surface area contributed by atoms with Crippen LogP contribution in [-0.4, -0.2) is 30.1 Å². The lowest BCUT2D eigenvalue weighted by molar-refractivity contribution is 0.580. The Morgan fingerprint density at radius 2 is 1.76 bits per heavy atom. The van der Waals surface area contributed by atoms with Gasteiger partial charge < -0.3 is 0 Å². The third-order valence-electron chi connectivity index (χ3n) is 3.56. The first-order valence-corrected chi connectivity index (χ1v) is 10.0. The van der Waals surface area contributed by atoms with E-state index in [1.807, 2.05) is 30.3 Å². The maximum atomic E-state index is 12.3. The number of hydrogen-bond donors (Lipinski definition) is 2. The summed E-state index contributed by atoms with van der Waals surface area (Å²) in [7, 11) is -3.57. The van der Waals surface area contributed by atoms with Crippen LogP contribution in [-0.2, 0) is 22.9 Å². The van der Waals surface area contributed by atoms with Gasteiger partial charge in [-0.15, -0.1) is 0 Å². The van der Waals surface area contributed by atoms with E-state index in [9.17, 15) is 8.42 Å². The fourth-order valence-corrected chi connectivity index (χ4v) is 4.39. The van der Waals surface area contributed by atoms with Crippen LogP contribution >= 0.6 is 15.9 Å². The highest BCUT2D eigenvalue weighted by Gasteiger charge is 2.16.